The predicted molar refractivity (Wildman–Crippen MR) is 147 cm³/mol. The number of non-ortho nitro benzene ring substituents is 1. The van der Waals surface area contributed by atoms with Gasteiger partial charge in [-0.15, -0.1) is 0 Å². The zero-order valence-corrected chi connectivity index (χ0v) is 21.8. The van der Waals surface area contributed by atoms with Gasteiger partial charge < -0.3 is 9.80 Å². The Labute approximate surface area is 227 Å². The summed E-state index contributed by atoms with van der Waals surface area (Å²) in [6.07, 6.45) is 3.14. The minimum absolute atomic E-state index is 0.00596. The minimum Gasteiger partial charge on any atom is -0.337 e. The second kappa shape index (κ2) is 12.9. The molecule has 2 amide bonds. The number of amides is 2. The van der Waals surface area contributed by atoms with Gasteiger partial charge in [0.2, 0.25) is 5.91 Å². The van der Waals surface area contributed by atoms with E-state index < -0.39 is 4.92 Å². The van der Waals surface area contributed by atoms with Crippen LogP contribution in [0.1, 0.15) is 27.0 Å². The number of carbonyl (C=O) groups excluding carboxylic acids is 2. The van der Waals surface area contributed by atoms with E-state index in [1.807, 2.05) is 31.2 Å². The van der Waals surface area contributed by atoms with Crippen molar-refractivity contribution in [2.45, 2.75) is 13.5 Å². The van der Waals surface area contributed by atoms with E-state index in [1.54, 1.807) is 40.1 Å². The normalized spacial score (nSPS) is 13.9. The van der Waals surface area contributed by atoms with Crippen LogP contribution in [0.25, 0.3) is 6.08 Å². The average molecular weight is 531 g/mol. The number of benzene rings is 3. The maximum absolute atomic E-state index is 13.4. The molecule has 0 N–H and O–H groups in total. The van der Waals surface area contributed by atoms with E-state index in [1.165, 1.54) is 30.3 Å². The van der Waals surface area contributed by atoms with Gasteiger partial charge in [0.15, 0.2) is 0 Å². The fourth-order valence-electron chi connectivity index (χ4n) is 4.48. The highest BCUT2D eigenvalue weighted by molar-refractivity contribution is 5.95. The Hall–Kier alpha value is -4.37. The fraction of sp³-hybridized carbons (Fsp3) is 0.267. The lowest BCUT2D eigenvalue weighted by Crippen LogP contribution is -2.50. The van der Waals surface area contributed by atoms with Gasteiger partial charge in [-0.2, -0.15) is 0 Å². The Bertz CT molecular complexity index is 1330. The molecular formula is C30H31FN4O4. The van der Waals surface area contributed by atoms with Gasteiger partial charge in [0, 0.05) is 69.6 Å². The van der Waals surface area contributed by atoms with Crippen LogP contribution in [-0.4, -0.2) is 70.7 Å². The standard InChI is InChI=1S/C30H31FN4O4/c1-23-4-2-3-5-28(23)30(37)34(22-25-6-11-26(31)12-7-25)21-18-32-16-19-33(20-17-32)29(36)15-10-24-8-13-27(14-9-24)35(38)39/h2-15H,16-22H2,1H3/b15-10+. The van der Waals surface area contributed by atoms with E-state index in [9.17, 15) is 24.1 Å². The molecule has 8 nitrogen and oxygen atoms in total. The van der Waals surface area contributed by atoms with Gasteiger partial charge in [-0.1, -0.05) is 30.3 Å². The second-order valence-electron chi connectivity index (χ2n) is 9.52. The van der Waals surface area contributed by atoms with Crippen molar-refractivity contribution in [3.8, 4) is 0 Å². The van der Waals surface area contributed by atoms with E-state index in [2.05, 4.69) is 4.90 Å². The van der Waals surface area contributed by atoms with Crippen LogP contribution in [0, 0.1) is 22.9 Å². The fourth-order valence-corrected chi connectivity index (χ4v) is 4.48. The first-order valence-corrected chi connectivity index (χ1v) is 12.8. The van der Waals surface area contributed by atoms with E-state index >= 15 is 0 Å². The van der Waals surface area contributed by atoms with Crippen molar-refractivity contribution in [1.82, 2.24) is 14.7 Å². The van der Waals surface area contributed by atoms with Gasteiger partial charge in [-0.25, -0.2) is 4.39 Å². The molecule has 1 aliphatic rings. The first-order chi connectivity index (χ1) is 18.8. The second-order valence-corrected chi connectivity index (χ2v) is 9.52. The molecule has 1 fully saturated rings. The maximum atomic E-state index is 13.4. The van der Waals surface area contributed by atoms with Gasteiger partial charge in [0.05, 0.1) is 4.92 Å². The first kappa shape index (κ1) is 27.7. The third kappa shape index (κ3) is 7.58. The van der Waals surface area contributed by atoms with Crippen LogP contribution in [0.15, 0.2) is 78.9 Å². The lowest BCUT2D eigenvalue weighted by Gasteiger charge is -2.35. The SMILES string of the molecule is Cc1ccccc1C(=O)N(CCN1CCN(C(=O)/C=C/c2ccc([N+](=O)[O-])cc2)CC1)Cc1ccc(F)cc1. The van der Waals surface area contributed by atoms with Crippen LogP contribution in [0.4, 0.5) is 10.1 Å². The lowest BCUT2D eigenvalue weighted by molar-refractivity contribution is -0.384. The summed E-state index contributed by atoms with van der Waals surface area (Å²) >= 11 is 0. The monoisotopic (exact) mass is 530 g/mol. The summed E-state index contributed by atoms with van der Waals surface area (Å²) in [5.41, 5.74) is 3.13. The number of nitrogens with zero attached hydrogens (tertiary/aromatic N) is 4. The number of halogens is 1. The summed E-state index contributed by atoms with van der Waals surface area (Å²) < 4.78 is 13.4. The third-order valence-electron chi connectivity index (χ3n) is 6.84. The summed E-state index contributed by atoms with van der Waals surface area (Å²) in [6.45, 7) is 5.92. The number of hydrogen-bond donors (Lipinski definition) is 0. The maximum Gasteiger partial charge on any atom is 0.269 e. The van der Waals surface area contributed by atoms with Crippen LogP contribution >= 0.6 is 0 Å². The molecular weight excluding hydrogens is 499 g/mol. The van der Waals surface area contributed by atoms with Crippen molar-refractivity contribution in [3.63, 3.8) is 0 Å². The molecule has 0 saturated carbocycles. The molecule has 0 aliphatic carbocycles. The predicted octanol–water partition coefficient (Wildman–Crippen LogP) is 4.54. The number of piperazine rings is 1. The summed E-state index contributed by atoms with van der Waals surface area (Å²) in [5.74, 6) is -0.492. The molecule has 1 heterocycles. The van der Waals surface area contributed by atoms with Crippen LogP contribution in [0.5, 0.6) is 0 Å². The first-order valence-electron chi connectivity index (χ1n) is 12.8. The van der Waals surface area contributed by atoms with Gasteiger partial charge >= 0.3 is 0 Å². The Morgan fingerprint density at radius 1 is 0.974 bits per heavy atom. The van der Waals surface area contributed by atoms with Gasteiger partial charge in [-0.05, 0) is 60.0 Å². The summed E-state index contributed by atoms with van der Waals surface area (Å²) in [4.78, 5) is 42.2. The summed E-state index contributed by atoms with van der Waals surface area (Å²) in [7, 11) is 0. The zero-order chi connectivity index (χ0) is 27.8. The minimum atomic E-state index is -0.460. The molecule has 1 saturated heterocycles. The van der Waals surface area contributed by atoms with Crippen molar-refractivity contribution in [1.29, 1.82) is 0 Å². The molecule has 0 unspecified atom stereocenters. The van der Waals surface area contributed by atoms with E-state index in [4.69, 9.17) is 0 Å². The molecule has 3 aromatic carbocycles. The molecule has 0 atom stereocenters. The number of nitro groups is 1. The average Bonchev–Trinajstić information content (AvgIpc) is 2.95. The van der Waals surface area contributed by atoms with Crippen LogP contribution < -0.4 is 0 Å². The molecule has 0 spiro atoms. The van der Waals surface area contributed by atoms with Crippen molar-refractivity contribution in [3.05, 3.63) is 117 Å². The highest BCUT2D eigenvalue weighted by Gasteiger charge is 2.22. The Balaban J connectivity index is 1.32. The Morgan fingerprint density at radius 2 is 1.64 bits per heavy atom. The summed E-state index contributed by atoms with van der Waals surface area (Å²) in [6, 6.07) is 19.7. The number of carbonyl (C=O) groups is 2. The van der Waals surface area contributed by atoms with Crippen molar-refractivity contribution >= 4 is 23.6 Å². The Morgan fingerprint density at radius 3 is 2.28 bits per heavy atom. The highest BCUT2D eigenvalue weighted by Crippen LogP contribution is 2.16. The molecule has 1 aliphatic heterocycles. The van der Waals surface area contributed by atoms with Crippen LogP contribution in [0.2, 0.25) is 0 Å². The van der Waals surface area contributed by atoms with Gasteiger partial charge in [0.1, 0.15) is 5.82 Å². The van der Waals surface area contributed by atoms with Gasteiger partial charge in [0.25, 0.3) is 11.6 Å². The quantitative estimate of drug-likeness (QED) is 0.230. The molecule has 0 radical (unpaired) electrons. The van der Waals surface area contributed by atoms with Crippen LogP contribution in [-0.2, 0) is 11.3 Å². The molecule has 4 rings (SSSR count). The number of rotatable bonds is 9. The van der Waals surface area contributed by atoms with Crippen molar-refractivity contribution in [2.24, 2.45) is 0 Å². The smallest absolute Gasteiger partial charge is 0.269 e. The number of aryl methyl sites for hydroxylation is 1. The largest absolute Gasteiger partial charge is 0.337 e. The van der Waals surface area contributed by atoms with E-state index in [-0.39, 0.29) is 23.3 Å². The zero-order valence-electron chi connectivity index (χ0n) is 21.8. The van der Waals surface area contributed by atoms with Crippen molar-refractivity contribution < 1.29 is 18.9 Å². The number of nitro benzene ring substituents is 1. The summed E-state index contributed by atoms with van der Waals surface area (Å²) in [5, 5.41) is 10.8. The molecule has 39 heavy (non-hydrogen) atoms. The van der Waals surface area contributed by atoms with E-state index in [0.29, 0.717) is 56.9 Å². The molecule has 3 aromatic rings. The lowest BCUT2D eigenvalue weighted by atomic mass is 10.1. The Kier molecular flexibility index (Phi) is 9.17. The third-order valence-corrected chi connectivity index (χ3v) is 6.84. The highest BCUT2D eigenvalue weighted by atomic mass is 19.1. The molecule has 202 valence electrons. The molecule has 0 bridgehead atoms. The number of hydrogen-bond acceptors (Lipinski definition) is 5. The van der Waals surface area contributed by atoms with Crippen LogP contribution in [0.3, 0.4) is 0 Å². The molecule has 9 heteroatoms. The topological polar surface area (TPSA) is 87.0 Å². The van der Waals surface area contributed by atoms with Gasteiger partial charge in [-0.3, -0.25) is 24.6 Å². The molecule has 0 aromatic heterocycles. The van der Waals surface area contributed by atoms with E-state index in [0.717, 1.165) is 11.1 Å². The van der Waals surface area contributed by atoms with Crippen molar-refractivity contribution in [2.75, 3.05) is 39.3 Å².